The highest BCUT2D eigenvalue weighted by molar-refractivity contribution is 5.82. The SMILES string of the molecule is CC.CC(C)N1CCC(C)(C(=O)N2CCCC2)CC1C. The van der Waals surface area contributed by atoms with E-state index in [0.717, 1.165) is 32.5 Å². The lowest BCUT2D eigenvalue weighted by Gasteiger charge is -2.45. The average Bonchev–Trinajstić information content (AvgIpc) is 2.93. The number of carbonyl (C=O) groups excluding carboxylic acids is 1. The van der Waals surface area contributed by atoms with Gasteiger partial charge in [-0.15, -0.1) is 0 Å². The molecule has 0 aromatic carbocycles. The van der Waals surface area contributed by atoms with Crippen LogP contribution in [-0.4, -0.2) is 47.4 Å². The number of carbonyl (C=O) groups is 1. The van der Waals surface area contributed by atoms with Crippen molar-refractivity contribution in [2.75, 3.05) is 19.6 Å². The molecule has 0 radical (unpaired) electrons. The van der Waals surface area contributed by atoms with Crippen molar-refractivity contribution in [3.8, 4) is 0 Å². The molecule has 3 nitrogen and oxygen atoms in total. The summed E-state index contributed by atoms with van der Waals surface area (Å²) in [6.07, 6.45) is 4.41. The lowest BCUT2D eigenvalue weighted by Crippen LogP contribution is -2.53. The van der Waals surface area contributed by atoms with Crippen molar-refractivity contribution in [3.63, 3.8) is 0 Å². The Labute approximate surface area is 125 Å². The number of likely N-dealkylation sites (tertiary alicyclic amines) is 2. The summed E-state index contributed by atoms with van der Waals surface area (Å²) in [6, 6.07) is 1.11. The first kappa shape index (κ1) is 17.5. The van der Waals surface area contributed by atoms with Gasteiger partial charge in [-0.25, -0.2) is 0 Å². The van der Waals surface area contributed by atoms with E-state index in [-0.39, 0.29) is 5.41 Å². The van der Waals surface area contributed by atoms with Crippen LogP contribution in [0.5, 0.6) is 0 Å². The standard InChI is InChI=1S/C15H28N2O.C2H6/c1-12(2)17-10-7-15(4,11-13(17)3)14(18)16-8-5-6-9-16;1-2/h12-13H,5-11H2,1-4H3;1-2H3. The predicted octanol–water partition coefficient (Wildman–Crippen LogP) is 3.53. The van der Waals surface area contributed by atoms with Crippen molar-refractivity contribution in [2.45, 2.75) is 79.3 Å². The maximum Gasteiger partial charge on any atom is 0.228 e. The Morgan fingerprint density at radius 2 is 1.70 bits per heavy atom. The van der Waals surface area contributed by atoms with Crippen LogP contribution in [0.2, 0.25) is 0 Å². The van der Waals surface area contributed by atoms with Gasteiger partial charge in [-0.3, -0.25) is 9.69 Å². The lowest BCUT2D eigenvalue weighted by molar-refractivity contribution is -0.144. The fourth-order valence-electron chi connectivity index (χ4n) is 3.73. The summed E-state index contributed by atoms with van der Waals surface area (Å²) in [5.74, 6) is 0.412. The Morgan fingerprint density at radius 1 is 1.15 bits per heavy atom. The number of piperidine rings is 1. The topological polar surface area (TPSA) is 23.6 Å². The molecule has 0 aromatic heterocycles. The molecule has 2 fully saturated rings. The fourth-order valence-corrected chi connectivity index (χ4v) is 3.73. The molecular weight excluding hydrogens is 248 g/mol. The van der Waals surface area contributed by atoms with Gasteiger partial charge in [-0.2, -0.15) is 0 Å². The minimum absolute atomic E-state index is 0.116. The van der Waals surface area contributed by atoms with Gasteiger partial charge < -0.3 is 4.90 Å². The summed E-state index contributed by atoms with van der Waals surface area (Å²) in [6.45, 7) is 16.0. The van der Waals surface area contributed by atoms with Gasteiger partial charge in [0, 0.05) is 30.6 Å². The maximum atomic E-state index is 12.7. The summed E-state index contributed by atoms with van der Waals surface area (Å²) < 4.78 is 0. The van der Waals surface area contributed by atoms with Crippen molar-refractivity contribution in [3.05, 3.63) is 0 Å². The van der Waals surface area contributed by atoms with Crippen molar-refractivity contribution in [1.82, 2.24) is 9.80 Å². The number of hydrogen-bond acceptors (Lipinski definition) is 2. The van der Waals surface area contributed by atoms with E-state index in [0.29, 0.717) is 18.0 Å². The molecule has 2 saturated heterocycles. The molecule has 0 aromatic rings. The first-order chi connectivity index (χ1) is 9.44. The Kier molecular flexibility index (Phi) is 6.50. The van der Waals surface area contributed by atoms with E-state index >= 15 is 0 Å². The Bertz CT molecular complexity index is 310. The van der Waals surface area contributed by atoms with Gasteiger partial charge in [-0.05, 0) is 53.0 Å². The van der Waals surface area contributed by atoms with E-state index in [9.17, 15) is 4.79 Å². The Balaban J connectivity index is 0.000000956. The molecule has 0 aliphatic carbocycles. The molecule has 1 amide bonds. The normalized spacial score (nSPS) is 31.1. The van der Waals surface area contributed by atoms with Crippen LogP contribution in [0.15, 0.2) is 0 Å². The van der Waals surface area contributed by atoms with E-state index in [1.54, 1.807) is 0 Å². The second-order valence-electron chi connectivity index (χ2n) is 6.69. The van der Waals surface area contributed by atoms with Gasteiger partial charge in [-0.1, -0.05) is 20.8 Å². The van der Waals surface area contributed by atoms with Crippen molar-refractivity contribution >= 4 is 5.91 Å². The van der Waals surface area contributed by atoms with Gasteiger partial charge in [0.25, 0.3) is 0 Å². The van der Waals surface area contributed by atoms with Crippen molar-refractivity contribution < 1.29 is 4.79 Å². The van der Waals surface area contributed by atoms with Crippen LogP contribution in [0.3, 0.4) is 0 Å². The third kappa shape index (κ3) is 3.75. The predicted molar refractivity (Wildman–Crippen MR) is 85.8 cm³/mol. The van der Waals surface area contributed by atoms with Crippen LogP contribution in [0, 0.1) is 5.41 Å². The number of amides is 1. The summed E-state index contributed by atoms with van der Waals surface area (Å²) in [7, 11) is 0. The molecule has 2 atom stereocenters. The molecule has 0 spiro atoms. The summed E-state index contributed by atoms with van der Waals surface area (Å²) in [4.78, 5) is 17.3. The van der Waals surface area contributed by atoms with Gasteiger partial charge in [0.1, 0.15) is 0 Å². The number of hydrogen-bond donors (Lipinski definition) is 0. The molecule has 3 heteroatoms. The third-order valence-electron chi connectivity index (χ3n) is 4.81. The van der Waals surface area contributed by atoms with Gasteiger partial charge in [0.2, 0.25) is 5.91 Å². The zero-order valence-corrected chi connectivity index (χ0v) is 14.4. The third-order valence-corrected chi connectivity index (χ3v) is 4.81. The van der Waals surface area contributed by atoms with E-state index < -0.39 is 0 Å². The number of nitrogens with zero attached hydrogens (tertiary/aromatic N) is 2. The Hall–Kier alpha value is -0.570. The maximum absolute atomic E-state index is 12.7. The van der Waals surface area contributed by atoms with Crippen LogP contribution in [-0.2, 0) is 4.79 Å². The highest BCUT2D eigenvalue weighted by Crippen LogP contribution is 2.37. The van der Waals surface area contributed by atoms with Crippen LogP contribution in [0.25, 0.3) is 0 Å². The van der Waals surface area contributed by atoms with Crippen LogP contribution >= 0.6 is 0 Å². The smallest absolute Gasteiger partial charge is 0.228 e. The monoisotopic (exact) mass is 282 g/mol. The summed E-state index contributed by atoms with van der Waals surface area (Å²) in [5.41, 5.74) is -0.116. The molecule has 20 heavy (non-hydrogen) atoms. The summed E-state index contributed by atoms with van der Waals surface area (Å²) in [5, 5.41) is 0. The highest BCUT2D eigenvalue weighted by Gasteiger charge is 2.43. The molecule has 0 saturated carbocycles. The van der Waals surface area contributed by atoms with E-state index in [1.807, 2.05) is 13.8 Å². The molecule has 2 heterocycles. The first-order valence-corrected chi connectivity index (χ1v) is 8.49. The number of rotatable bonds is 2. The minimum atomic E-state index is -0.116. The van der Waals surface area contributed by atoms with Crippen LogP contribution in [0.1, 0.15) is 67.2 Å². The largest absolute Gasteiger partial charge is 0.342 e. The fraction of sp³-hybridized carbons (Fsp3) is 0.941. The summed E-state index contributed by atoms with van der Waals surface area (Å²) >= 11 is 0. The van der Waals surface area contributed by atoms with Crippen molar-refractivity contribution in [2.24, 2.45) is 5.41 Å². The molecule has 118 valence electrons. The van der Waals surface area contributed by atoms with E-state index in [4.69, 9.17) is 0 Å². The van der Waals surface area contributed by atoms with Gasteiger partial charge in [0.15, 0.2) is 0 Å². The van der Waals surface area contributed by atoms with Crippen LogP contribution < -0.4 is 0 Å². The highest BCUT2D eigenvalue weighted by atomic mass is 16.2. The van der Waals surface area contributed by atoms with E-state index in [2.05, 4.69) is 37.5 Å². The minimum Gasteiger partial charge on any atom is -0.342 e. The average molecular weight is 282 g/mol. The van der Waals surface area contributed by atoms with Gasteiger partial charge in [0.05, 0.1) is 0 Å². The molecule has 0 N–H and O–H groups in total. The zero-order chi connectivity index (χ0) is 15.3. The van der Waals surface area contributed by atoms with Crippen molar-refractivity contribution in [1.29, 1.82) is 0 Å². The zero-order valence-electron chi connectivity index (χ0n) is 14.4. The molecule has 2 rings (SSSR count). The second-order valence-corrected chi connectivity index (χ2v) is 6.69. The molecule has 2 aliphatic heterocycles. The quantitative estimate of drug-likeness (QED) is 0.773. The molecule has 2 aliphatic rings. The Morgan fingerprint density at radius 3 is 2.15 bits per heavy atom. The van der Waals surface area contributed by atoms with Crippen LogP contribution in [0.4, 0.5) is 0 Å². The van der Waals surface area contributed by atoms with Gasteiger partial charge >= 0.3 is 0 Å². The molecule has 2 unspecified atom stereocenters. The first-order valence-electron chi connectivity index (χ1n) is 8.49. The molecule has 0 bridgehead atoms. The molecular formula is C17H34N2O. The lowest BCUT2D eigenvalue weighted by atomic mass is 9.75. The second kappa shape index (κ2) is 7.44. The van der Waals surface area contributed by atoms with E-state index in [1.165, 1.54) is 12.8 Å².